The van der Waals surface area contributed by atoms with E-state index in [2.05, 4.69) is 5.32 Å². The first kappa shape index (κ1) is 15.8. The lowest BCUT2D eigenvalue weighted by molar-refractivity contribution is -0.123. The van der Waals surface area contributed by atoms with Gasteiger partial charge in [0.15, 0.2) is 6.61 Å². The summed E-state index contributed by atoms with van der Waals surface area (Å²) < 4.78 is 5.57. The molecule has 2 rings (SSSR count). The van der Waals surface area contributed by atoms with Crippen molar-refractivity contribution in [3.63, 3.8) is 0 Å². The summed E-state index contributed by atoms with van der Waals surface area (Å²) >= 11 is 0. The lowest BCUT2D eigenvalue weighted by Crippen LogP contribution is -2.38. The molecule has 1 amide bonds. The Hall–Kier alpha value is -1.55. The summed E-state index contributed by atoms with van der Waals surface area (Å²) in [4.78, 5) is 11.8. The van der Waals surface area contributed by atoms with E-state index in [4.69, 9.17) is 4.74 Å². The van der Waals surface area contributed by atoms with Gasteiger partial charge in [-0.25, -0.2) is 0 Å². The molecule has 2 unspecified atom stereocenters. The highest BCUT2D eigenvalue weighted by atomic mass is 16.5. The molecule has 2 atom stereocenters. The Labute approximate surface area is 126 Å². The summed E-state index contributed by atoms with van der Waals surface area (Å²) in [6.07, 6.45) is 3.77. The molecule has 21 heavy (non-hydrogen) atoms. The first-order valence-electron chi connectivity index (χ1n) is 7.71. The molecule has 1 fully saturated rings. The quantitative estimate of drug-likeness (QED) is 0.875. The van der Waals surface area contributed by atoms with Crippen molar-refractivity contribution in [1.29, 1.82) is 0 Å². The molecular formula is C17H25NO3. The summed E-state index contributed by atoms with van der Waals surface area (Å²) in [5, 5.41) is 12.7. The van der Waals surface area contributed by atoms with Crippen LogP contribution in [0.15, 0.2) is 18.2 Å². The highest BCUT2D eigenvalue weighted by Gasteiger charge is 2.23. The second-order valence-electron chi connectivity index (χ2n) is 5.90. The molecule has 0 aliphatic heterocycles. The van der Waals surface area contributed by atoms with Crippen molar-refractivity contribution in [2.75, 3.05) is 13.2 Å². The van der Waals surface area contributed by atoms with Crippen LogP contribution in [0.5, 0.6) is 5.75 Å². The van der Waals surface area contributed by atoms with Crippen LogP contribution in [0.1, 0.15) is 36.8 Å². The smallest absolute Gasteiger partial charge is 0.257 e. The SMILES string of the molecule is Cc1cccc(OCC(=O)NCC2CCCCC2O)c1C. The van der Waals surface area contributed by atoms with E-state index in [-0.39, 0.29) is 24.5 Å². The van der Waals surface area contributed by atoms with E-state index in [9.17, 15) is 9.90 Å². The highest BCUT2D eigenvalue weighted by molar-refractivity contribution is 5.77. The minimum absolute atomic E-state index is 0.0209. The molecular weight excluding hydrogens is 266 g/mol. The van der Waals surface area contributed by atoms with Gasteiger partial charge in [0.1, 0.15) is 5.75 Å². The minimum Gasteiger partial charge on any atom is -0.483 e. The van der Waals surface area contributed by atoms with E-state index >= 15 is 0 Å². The third-order valence-electron chi connectivity index (χ3n) is 4.34. The van der Waals surface area contributed by atoms with Crippen LogP contribution in [0.2, 0.25) is 0 Å². The van der Waals surface area contributed by atoms with Crippen molar-refractivity contribution in [2.24, 2.45) is 5.92 Å². The Morgan fingerprint density at radius 3 is 2.86 bits per heavy atom. The Balaban J connectivity index is 1.76. The van der Waals surface area contributed by atoms with Crippen LogP contribution in [-0.2, 0) is 4.79 Å². The zero-order chi connectivity index (χ0) is 15.2. The van der Waals surface area contributed by atoms with Crippen LogP contribution in [-0.4, -0.2) is 30.3 Å². The topological polar surface area (TPSA) is 58.6 Å². The maximum absolute atomic E-state index is 11.8. The summed E-state index contributed by atoms with van der Waals surface area (Å²) in [5.41, 5.74) is 2.21. The molecule has 1 aromatic carbocycles. The summed E-state index contributed by atoms with van der Waals surface area (Å²) in [6.45, 7) is 4.57. The van der Waals surface area contributed by atoms with E-state index < -0.39 is 0 Å². The first-order chi connectivity index (χ1) is 10.1. The van der Waals surface area contributed by atoms with E-state index in [0.29, 0.717) is 6.54 Å². The zero-order valence-corrected chi connectivity index (χ0v) is 12.9. The molecule has 4 heteroatoms. The van der Waals surface area contributed by atoms with Gasteiger partial charge in [0.05, 0.1) is 6.10 Å². The van der Waals surface area contributed by atoms with E-state index in [1.807, 2.05) is 32.0 Å². The molecule has 0 spiro atoms. The van der Waals surface area contributed by atoms with E-state index in [1.54, 1.807) is 0 Å². The molecule has 0 aromatic heterocycles. The number of ether oxygens (including phenoxy) is 1. The van der Waals surface area contributed by atoms with Crippen molar-refractivity contribution in [3.05, 3.63) is 29.3 Å². The van der Waals surface area contributed by atoms with Crippen molar-refractivity contribution >= 4 is 5.91 Å². The second kappa shape index (κ2) is 7.46. The molecule has 1 saturated carbocycles. The highest BCUT2D eigenvalue weighted by Crippen LogP contribution is 2.23. The number of benzene rings is 1. The van der Waals surface area contributed by atoms with Crippen LogP contribution >= 0.6 is 0 Å². The Morgan fingerprint density at radius 1 is 1.33 bits per heavy atom. The fourth-order valence-corrected chi connectivity index (χ4v) is 2.75. The van der Waals surface area contributed by atoms with Crippen LogP contribution in [0.3, 0.4) is 0 Å². The van der Waals surface area contributed by atoms with Crippen molar-refractivity contribution in [2.45, 2.75) is 45.6 Å². The summed E-state index contributed by atoms with van der Waals surface area (Å²) in [6, 6.07) is 5.82. The molecule has 2 N–H and O–H groups in total. The van der Waals surface area contributed by atoms with Crippen molar-refractivity contribution in [1.82, 2.24) is 5.32 Å². The monoisotopic (exact) mass is 291 g/mol. The van der Waals surface area contributed by atoms with Crippen LogP contribution in [0.4, 0.5) is 0 Å². The molecule has 1 aliphatic rings. The number of rotatable bonds is 5. The predicted molar refractivity (Wildman–Crippen MR) is 82.4 cm³/mol. The number of nitrogens with one attached hydrogen (secondary N) is 1. The zero-order valence-electron chi connectivity index (χ0n) is 12.9. The number of amides is 1. The standard InChI is InChI=1S/C17H25NO3/c1-12-6-5-9-16(13(12)2)21-11-17(20)18-10-14-7-3-4-8-15(14)19/h5-6,9,14-15,19H,3-4,7-8,10-11H2,1-2H3,(H,18,20). The number of carbonyl (C=O) groups excluding carboxylic acids is 1. The van der Waals surface area contributed by atoms with Gasteiger partial charge in [0.2, 0.25) is 0 Å². The molecule has 1 aliphatic carbocycles. The average molecular weight is 291 g/mol. The van der Waals surface area contributed by atoms with Gasteiger partial charge in [-0.3, -0.25) is 4.79 Å². The number of aliphatic hydroxyl groups excluding tert-OH is 1. The number of hydrogen-bond acceptors (Lipinski definition) is 3. The third kappa shape index (κ3) is 4.46. The second-order valence-corrected chi connectivity index (χ2v) is 5.90. The molecule has 116 valence electrons. The predicted octanol–water partition coefficient (Wildman–Crippen LogP) is 2.35. The number of carbonyl (C=O) groups is 1. The fraction of sp³-hybridized carbons (Fsp3) is 0.588. The van der Waals surface area contributed by atoms with Gasteiger partial charge in [0, 0.05) is 12.5 Å². The van der Waals surface area contributed by atoms with Gasteiger partial charge in [-0.15, -0.1) is 0 Å². The van der Waals surface area contributed by atoms with Gasteiger partial charge in [-0.05, 0) is 43.9 Å². The normalized spacial score (nSPS) is 21.9. The Kier molecular flexibility index (Phi) is 5.62. The van der Waals surface area contributed by atoms with Crippen LogP contribution < -0.4 is 10.1 Å². The lowest BCUT2D eigenvalue weighted by Gasteiger charge is -2.27. The van der Waals surface area contributed by atoms with Crippen molar-refractivity contribution in [3.8, 4) is 5.75 Å². The van der Waals surface area contributed by atoms with Gasteiger partial charge < -0.3 is 15.2 Å². The number of hydrogen-bond donors (Lipinski definition) is 2. The van der Waals surface area contributed by atoms with Crippen LogP contribution in [0.25, 0.3) is 0 Å². The van der Waals surface area contributed by atoms with Crippen LogP contribution in [0, 0.1) is 19.8 Å². The van der Waals surface area contributed by atoms with E-state index in [1.165, 1.54) is 0 Å². The van der Waals surface area contributed by atoms with E-state index in [0.717, 1.165) is 42.6 Å². The molecule has 4 nitrogen and oxygen atoms in total. The van der Waals surface area contributed by atoms with Gasteiger partial charge >= 0.3 is 0 Å². The maximum atomic E-state index is 11.8. The Morgan fingerprint density at radius 2 is 2.10 bits per heavy atom. The maximum Gasteiger partial charge on any atom is 0.257 e. The molecule has 0 bridgehead atoms. The molecule has 0 heterocycles. The number of aryl methyl sites for hydroxylation is 1. The minimum atomic E-state index is -0.279. The van der Waals surface area contributed by atoms with Gasteiger partial charge in [0.25, 0.3) is 5.91 Å². The van der Waals surface area contributed by atoms with Gasteiger partial charge in [-0.1, -0.05) is 25.0 Å². The average Bonchev–Trinajstić information content (AvgIpc) is 2.48. The fourth-order valence-electron chi connectivity index (χ4n) is 2.75. The molecule has 0 radical (unpaired) electrons. The lowest BCUT2D eigenvalue weighted by atomic mass is 9.86. The summed E-state index contributed by atoms with van der Waals surface area (Å²) in [7, 11) is 0. The molecule has 1 aromatic rings. The summed E-state index contributed by atoms with van der Waals surface area (Å²) in [5.74, 6) is 0.805. The Bertz CT molecular complexity index is 487. The van der Waals surface area contributed by atoms with Crippen molar-refractivity contribution < 1.29 is 14.6 Å². The largest absolute Gasteiger partial charge is 0.483 e. The number of aliphatic hydroxyl groups is 1. The van der Waals surface area contributed by atoms with Gasteiger partial charge in [-0.2, -0.15) is 0 Å². The third-order valence-corrected chi connectivity index (χ3v) is 4.34. The first-order valence-corrected chi connectivity index (χ1v) is 7.71. The molecule has 0 saturated heterocycles.